The number of hydrogen-bond donors (Lipinski definition) is 0. The van der Waals surface area contributed by atoms with Crippen LogP contribution in [-0.2, 0) is 10.8 Å². The van der Waals surface area contributed by atoms with Crippen LogP contribution in [0, 0.1) is 0 Å². The molecule has 0 aliphatic rings. The van der Waals surface area contributed by atoms with Crippen molar-refractivity contribution in [2.24, 2.45) is 0 Å². The lowest BCUT2D eigenvalue weighted by Crippen LogP contribution is -2.16. The van der Waals surface area contributed by atoms with Crippen LogP contribution in [0.2, 0.25) is 0 Å². The first-order valence-electron chi connectivity index (χ1n) is 7.76. The van der Waals surface area contributed by atoms with Crippen molar-refractivity contribution in [2.45, 2.75) is 52.4 Å². The third-order valence-electron chi connectivity index (χ3n) is 4.32. The minimum absolute atomic E-state index is 0.00841. The summed E-state index contributed by atoms with van der Waals surface area (Å²) in [6.45, 7) is 13.1. The summed E-state index contributed by atoms with van der Waals surface area (Å²) in [6, 6.07) is 8.36. The van der Waals surface area contributed by atoms with Gasteiger partial charge in [-0.3, -0.25) is 8.80 Å². The van der Waals surface area contributed by atoms with Crippen LogP contribution in [0.15, 0.2) is 41.5 Å². The molecule has 0 atom stereocenters. The van der Waals surface area contributed by atoms with Crippen LogP contribution >= 0.6 is 0 Å². The Labute approximate surface area is 131 Å². The van der Waals surface area contributed by atoms with Crippen molar-refractivity contribution in [3.63, 3.8) is 0 Å². The largest absolute Gasteiger partial charge is 0.337 e. The summed E-state index contributed by atoms with van der Waals surface area (Å²) in [5, 5.41) is 0. The molecule has 0 radical (unpaired) electrons. The van der Waals surface area contributed by atoms with Gasteiger partial charge in [0.2, 0.25) is 0 Å². The zero-order valence-electron chi connectivity index (χ0n) is 14.3. The molecule has 0 unspecified atom stereocenters. The van der Waals surface area contributed by atoms with E-state index in [9.17, 15) is 4.79 Å². The van der Waals surface area contributed by atoms with E-state index in [1.54, 1.807) is 8.80 Å². The Bertz CT molecular complexity index is 840. The third-order valence-corrected chi connectivity index (χ3v) is 4.32. The molecule has 22 heavy (non-hydrogen) atoms. The fourth-order valence-corrected chi connectivity index (χ4v) is 2.78. The summed E-state index contributed by atoms with van der Waals surface area (Å²) < 4.78 is 3.47. The molecule has 0 saturated carbocycles. The second-order valence-electron chi connectivity index (χ2n) is 8.12. The van der Waals surface area contributed by atoms with Crippen molar-refractivity contribution in [1.82, 2.24) is 8.80 Å². The van der Waals surface area contributed by atoms with Crippen molar-refractivity contribution >= 4 is 11.0 Å². The van der Waals surface area contributed by atoms with E-state index in [4.69, 9.17) is 0 Å². The standard InChI is InChI=1S/C19H24N2O/c1-18(2,3)13-7-9-20-15(11-13)16-12-14(19(4,5)6)8-10-21(16)17(20)22/h7-12H,1-6H3. The number of hydrogen-bond acceptors (Lipinski definition) is 1. The highest BCUT2D eigenvalue weighted by Gasteiger charge is 2.19. The molecule has 0 aliphatic heterocycles. The predicted octanol–water partition coefficient (Wildman–Crippen LogP) is 4.15. The molecule has 0 bridgehead atoms. The summed E-state index contributed by atoms with van der Waals surface area (Å²) >= 11 is 0. The minimum atomic E-state index is -0.00841. The van der Waals surface area contributed by atoms with E-state index in [1.807, 2.05) is 24.5 Å². The van der Waals surface area contributed by atoms with Crippen LogP contribution in [0.25, 0.3) is 11.0 Å². The molecule has 0 saturated heterocycles. The molecule has 3 aromatic rings. The minimum Gasteiger partial charge on any atom is -0.267 e. The number of aromatic nitrogens is 2. The summed E-state index contributed by atoms with van der Waals surface area (Å²) in [7, 11) is 0. The van der Waals surface area contributed by atoms with Gasteiger partial charge in [0.1, 0.15) is 0 Å². The Hall–Kier alpha value is -2.03. The van der Waals surface area contributed by atoms with E-state index >= 15 is 0 Å². The number of fused-ring (bicyclic) bond motifs is 3. The quantitative estimate of drug-likeness (QED) is 0.612. The first-order chi connectivity index (χ1) is 10.1. The maximum Gasteiger partial charge on any atom is 0.337 e. The van der Waals surface area contributed by atoms with Gasteiger partial charge in [-0.15, -0.1) is 0 Å². The maximum absolute atomic E-state index is 12.5. The van der Waals surface area contributed by atoms with Crippen LogP contribution in [0.4, 0.5) is 0 Å². The highest BCUT2D eigenvalue weighted by molar-refractivity contribution is 5.77. The Morgan fingerprint density at radius 1 is 0.727 bits per heavy atom. The van der Waals surface area contributed by atoms with Gasteiger partial charge in [-0.2, -0.15) is 0 Å². The average Bonchev–Trinajstić information content (AvgIpc) is 2.70. The van der Waals surface area contributed by atoms with Crippen LogP contribution in [0.3, 0.4) is 0 Å². The molecule has 3 aromatic heterocycles. The third kappa shape index (κ3) is 2.25. The van der Waals surface area contributed by atoms with Gasteiger partial charge in [0.05, 0.1) is 11.0 Å². The van der Waals surface area contributed by atoms with Gasteiger partial charge >= 0.3 is 5.69 Å². The number of pyridine rings is 2. The normalized spacial score (nSPS) is 13.2. The number of rotatable bonds is 0. The van der Waals surface area contributed by atoms with E-state index in [1.165, 1.54) is 11.1 Å². The SMILES string of the molecule is CC(C)(C)c1ccn2c(=O)n3ccc(C(C)(C)C)cc3c2c1. The fourth-order valence-electron chi connectivity index (χ4n) is 2.78. The fraction of sp³-hybridized carbons (Fsp3) is 0.421. The smallest absolute Gasteiger partial charge is 0.267 e. The van der Waals surface area contributed by atoms with Gasteiger partial charge in [0.15, 0.2) is 0 Å². The van der Waals surface area contributed by atoms with Gasteiger partial charge in [0, 0.05) is 12.4 Å². The Kier molecular flexibility index (Phi) is 3.03. The predicted molar refractivity (Wildman–Crippen MR) is 92.0 cm³/mol. The van der Waals surface area contributed by atoms with Crippen molar-refractivity contribution in [1.29, 1.82) is 0 Å². The summed E-state index contributed by atoms with van der Waals surface area (Å²) in [5.41, 5.74) is 4.54. The van der Waals surface area contributed by atoms with Gasteiger partial charge in [-0.05, 0) is 46.2 Å². The summed E-state index contributed by atoms with van der Waals surface area (Å²) in [4.78, 5) is 12.5. The highest BCUT2D eigenvalue weighted by atomic mass is 16.1. The second-order valence-corrected chi connectivity index (χ2v) is 8.12. The van der Waals surface area contributed by atoms with Crippen LogP contribution in [0.5, 0.6) is 0 Å². The zero-order valence-corrected chi connectivity index (χ0v) is 14.3. The molecule has 3 rings (SSSR count). The molecule has 0 fully saturated rings. The van der Waals surface area contributed by atoms with Crippen molar-refractivity contribution < 1.29 is 0 Å². The van der Waals surface area contributed by atoms with Gasteiger partial charge < -0.3 is 0 Å². The molecule has 0 aromatic carbocycles. The zero-order chi connectivity index (χ0) is 16.3. The Morgan fingerprint density at radius 2 is 1.09 bits per heavy atom. The van der Waals surface area contributed by atoms with Crippen LogP contribution < -0.4 is 5.69 Å². The first-order valence-corrected chi connectivity index (χ1v) is 7.76. The summed E-state index contributed by atoms with van der Waals surface area (Å²) in [6.07, 6.45) is 3.78. The van der Waals surface area contributed by atoms with Gasteiger partial charge in [-0.25, -0.2) is 4.79 Å². The van der Waals surface area contributed by atoms with Gasteiger partial charge in [-0.1, -0.05) is 41.5 Å². The van der Waals surface area contributed by atoms with Crippen LogP contribution in [0.1, 0.15) is 52.7 Å². The molecule has 3 nitrogen and oxygen atoms in total. The monoisotopic (exact) mass is 296 g/mol. The molecule has 0 aliphatic carbocycles. The molecule has 0 spiro atoms. The molecule has 116 valence electrons. The van der Waals surface area contributed by atoms with Crippen LogP contribution in [-0.4, -0.2) is 8.80 Å². The molecule has 0 N–H and O–H groups in total. The van der Waals surface area contributed by atoms with E-state index in [-0.39, 0.29) is 16.5 Å². The maximum atomic E-state index is 12.5. The van der Waals surface area contributed by atoms with E-state index < -0.39 is 0 Å². The van der Waals surface area contributed by atoms with Gasteiger partial charge in [0.25, 0.3) is 0 Å². The molecular formula is C19H24N2O. The number of nitrogens with zero attached hydrogens (tertiary/aromatic N) is 2. The topological polar surface area (TPSA) is 25.9 Å². The Balaban J connectivity index is 2.41. The lowest BCUT2D eigenvalue weighted by atomic mass is 9.86. The molecule has 3 heteroatoms. The highest BCUT2D eigenvalue weighted by Crippen LogP contribution is 2.27. The second kappa shape index (κ2) is 4.48. The van der Waals surface area contributed by atoms with E-state index in [0.29, 0.717) is 0 Å². The molecular weight excluding hydrogens is 272 g/mol. The average molecular weight is 296 g/mol. The lowest BCUT2D eigenvalue weighted by Gasteiger charge is -2.19. The number of imidazole rings is 1. The first kappa shape index (κ1) is 14.9. The van der Waals surface area contributed by atoms with E-state index in [2.05, 4.69) is 53.7 Å². The van der Waals surface area contributed by atoms with Crippen molar-refractivity contribution in [3.05, 3.63) is 58.3 Å². The van der Waals surface area contributed by atoms with Crippen molar-refractivity contribution in [2.75, 3.05) is 0 Å². The molecule has 0 amide bonds. The van der Waals surface area contributed by atoms with Crippen molar-refractivity contribution in [3.8, 4) is 0 Å². The van der Waals surface area contributed by atoms with E-state index in [0.717, 1.165) is 11.0 Å². The molecule has 3 heterocycles. The Morgan fingerprint density at radius 3 is 1.41 bits per heavy atom. The lowest BCUT2D eigenvalue weighted by molar-refractivity contribution is 0.589. The summed E-state index contributed by atoms with van der Waals surface area (Å²) in [5.74, 6) is 0.